The molecular weight excluding hydrogens is 262 g/mol. The van der Waals surface area contributed by atoms with Gasteiger partial charge in [0.25, 0.3) is 0 Å². The van der Waals surface area contributed by atoms with Gasteiger partial charge < -0.3 is 10.6 Å². The number of carbonyl (C=O) groups excluding carboxylic acids is 1. The van der Waals surface area contributed by atoms with Gasteiger partial charge in [-0.3, -0.25) is 9.69 Å². The first-order valence-electron chi connectivity index (χ1n) is 7.86. The van der Waals surface area contributed by atoms with Gasteiger partial charge in [0.15, 0.2) is 0 Å². The van der Waals surface area contributed by atoms with Gasteiger partial charge in [-0.25, -0.2) is 0 Å². The minimum Gasteiger partial charge on any atom is -0.341 e. The molecule has 1 atom stereocenters. The largest absolute Gasteiger partial charge is 0.341 e. The van der Waals surface area contributed by atoms with Crippen LogP contribution in [0.25, 0.3) is 0 Å². The molecule has 4 nitrogen and oxygen atoms in total. The molecule has 0 saturated carbocycles. The summed E-state index contributed by atoms with van der Waals surface area (Å²) < 4.78 is 0. The van der Waals surface area contributed by atoms with Gasteiger partial charge in [0, 0.05) is 32.2 Å². The molecule has 2 N–H and O–H groups in total. The Morgan fingerprint density at radius 3 is 2.71 bits per heavy atom. The summed E-state index contributed by atoms with van der Waals surface area (Å²) in [5, 5.41) is 0. The van der Waals surface area contributed by atoms with Gasteiger partial charge in [0.05, 0.1) is 6.54 Å². The highest BCUT2D eigenvalue weighted by Crippen LogP contribution is 2.20. The Kier molecular flexibility index (Phi) is 5.76. The zero-order valence-corrected chi connectivity index (χ0v) is 13.2. The van der Waals surface area contributed by atoms with E-state index < -0.39 is 0 Å². The standard InChI is InChI=1S/C17H27N3O/c1-14(2)20(11-15-6-4-3-5-7-15)13-16-8-9-19(12-16)17(21)10-18/h3-7,14,16H,8-13,18H2,1-2H3/t16-/m0/s1. The van der Waals surface area contributed by atoms with E-state index in [9.17, 15) is 4.79 Å². The first-order valence-corrected chi connectivity index (χ1v) is 7.86. The lowest BCUT2D eigenvalue weighted by Crippen LogP contribution is -2.38. The lowest BCUT2D eigenvalue weighted by molar-refractivity contribution is -0.128. The first-order chi connectivity index (χ1) is 10.1. The van der Waals surface area contributed by atoms with Crippen LogP contribution in [0.5, 0.6) is 0 Å². The quantitative estimate of drug-likeness (QED) is 0.867. The zero-order chi connectivity index (χ0) is 15.2. The molecule has 116 valence electrons. The number of likely N-dealkylation sites (tertiary alicyclic amines) is 1. The zero-order valence-electron chi connectivity index (χ0n) is 13.2. The molecule has 1 amide bonds. The molecule has 1 aliphatic rings. The number of carbonyl (C=O) groups is 1. The highest BCUT2D eigenvalue weighted by atomic mass is 16.2. The number of amides is 1. The van der Waals surface area contributed by atoms with Crippen LogP contribution < -0.4 is 5.73 Å². The van der Waals surface area contributed by atoms with Crippen LogP contribution in [0.1, 0.15) is 25.8 Å². The third-order valence-electron chi connectivity index (χ3n) is 4.26. The van der Waals surface area contributed by atoms with Crippen LogP contribution in [-0.2, 0) is 11.3 Å². The van der Waals surface area contributed by atoms with E-state index in [0.717, 1.165) is 32.6 Å². The monoisotopic (exact) mass is 289 g/mol. The van der Waals surface area contributed by atoms with Crippen LogP contribution >= 0.6 is 0 Å². The normalized spacial score (nSPS) is 18.7. The summed E-state index contributed by atoms with van der Waals surface area (Å²) in [6.07, 6.45) is 1.09. The Balaban J connectivity index is 1.90. The molecule has 21 heavy (non-hydrogen) atoms. The molecule has 4 heteroatoms. The molecule has 2 rings (SSSR count). The maximum atomic E-state index is 11.7. The molecule has 0 unspecified atom stereocenters. The fraction of sp³-hybridized carbons (Fsp3) is 0.588. The number of hydrogen-bond donors (Lipinski definition) is 1. The first kappa shape index (κ1) is 16.0. The van der Waals surface area contributed by atoms with Crippen molar-refractivity contribution in [1.82, 2.24) is 9.80 Å². The van der Waals surface area contributed by atoms with E-state index in [2.05, 4.69) is 49.1 Å². The van der Waals surface area contributed by atoms with Crippen LogP contribution in [0.2, 0.25) is 0 Å². The fourth-order valence-corrected chi connectivity index (χ4v) is 2.94. The van der Waals surface area contributed by atoms with Crippen molar-refractivity contribution in [2.24, 2.45) is 11.7 Å². The molecule has 1 heterocycles. The molecular formula is C17H27N3O. The maximum Gasteiger partial charge on any atom is 0.236 e. The van der Waals surface area contributed by atoms with Crippen LogP contribution in [0, 0.1) is 5.92 Å². The van der Waals surface area contributed by atoms with E-state index in [0.29, 0.717) is 12.0 Å². The Morgan fingerprint density at radius 1 is 1.38 bits per heavy atom. The van der Waals surface area contributed by atoms with Crippen molar-refractivity contribution in [1.29, 1.82) is 0 Å². The Bertz CT molecular complexity index is 447. The Labute approximate surface area is 127 Å². The highest BCUT2D eigenvalue weighted by molar-refractivity contribution is 5.78. The molecule has 1 saturated heterocycles. The van der Waals surface area contributed by atoms with E-state index in [1.54, 1.807) is 0 Å². The molecule has 1 aliphatic heterocycles. The third-order valence-corrected chi connectivity index (χ3v) is 4.26. The minimum atomic E-state index is 0.0802. The van der Waals surface area contributed by atoms with E-state index in [1.807, 2.05) is 4.90 Å². The van der Waals surface area contributed by atoms with Gasteiger partial charge in [-0.05, 0) is 31.7 Å². The second-order valence-corrected chi connectivity index (χ2v) is 6.21. The number of hydrogen-bond acceptors (Lipinski definition) is 3. The second-order valence-electron chi connectivity index (χ2n) is 6.21. The van der Waals surface area contributed by atoms with Crippen molar-refractivity contribution in [2.45, 2.75) is 32.9 Å². The second kappa shape index (κ2) is 7.57. The van der Waals surface area contributed by atoms with E-state index in [4.69, 9.17) is 5.73 Å². The number of nitrogens with two attached hydrogens (primary N) is 1. The summed E-state index contributed by atoms with van der Waals surface area (Å²) in [7, 11) is 0. The van der Waals surface area contributed by atoms with Crippen molar-refractivity contribution in [3.8, 4) is 0 Å². The lowest BCUT2D eigenvalue weighted by atomic mass is 10.1. The predicted molar refractivity (Wildman–Crippen MR) is 85.7 cm³/mol. The molecule has 1 aromatic carbocycles. The number of rotatable bonds is 6. The molecule has 1 fully saturated rings. The van der Waals surface area contributed by atoms with Crippen molar-refractivity contribution in [3.05, 3.63) is 35.9 Å². The molecule has 0 radical (unpaired) electrons. The summed E-state index contributed by atoms with van der Waals surface area (Å²) in [5.74, 6) is 0.642. The summed E-state index contributed by atoms with van der Waals surface area (Å²) >= 11 is 0. The number of nitrogens with zero attached hydrogens (tertiary/aromatic N) is 2. The van der Waals surface area contributed by atoms with Crippen LogP contribution in [0.3, 0.4) is 0 Å². The van der Waals surface area contributed by atoms with Crippen LogP contribution in [0.4, 0.5) is 0 Å². The van der Waals surface area contributed by atoms with Crippen molar-refractivity contribution in [3.63, 3.8) is 0 Å². The Morgan fingerprint density at radius 2 is 2.10 bits per heavy atom. The van der Waals surface area contributed by atoms with E-state index in [-0.39, 0.29) is 12.5 Å². The molecule has 0 aromatic heterocycles. The molecule has 1 aromatic rings. The summed E-state index contributed by atoms with van der Waals surface area (Å²) in [6.45, 7) is 8.33. The van der Waals surface area contributed by atoms with Gasteiger partial charge in [0.2, 0.25) is 5.91 Å². The molecule has 0 aliphatic carbocycles. The number of benzene rings is 1. The van der Waals surface area contributed by atoms with Gasteiger partial charge in [-0.1, -0.05) is 30.3 Å². The fourth-order valence-electron chi connectivity index (χ4n) is 2.94. The van der Waals surface area contributed by atoms with E-state index in [1.165, 1.54) is 5.56 Å². The average Bonchev–Trinajstić information content (AvgIpc) is 2.95. The minimum absolute atomic E-state index is 0.0802. The van der Waals surface area contributed by atoms with Crippen LogP contribution in [0.15, 0.2) is 30.3 Å². The lowest BCUT2D eigenvalue weighted by Gasteiger charge is -2.29. The van der Waals surface area contributed by atoms with Crippen molar-refractivity contribution >= 4 is 5.91 Å². The summed E-state index contributed by atoms with van der Waals surface area (Å²) in [6, 6.07) is 11.1. The highest BCUT2D eigenvalue weighted by Gasteiger charge is 2.27. The molecule has 0 bridgehead atoms. The average molecular weight is 289 g/mol. The third kappa shape index (κ3) is 4.55. The van der Waals surface area contributed by atoms with Gasteiger partial charge >= 0.3 is 0 Å². The van der Waals surface area contributed by atoms with Crippen molar-refractivity contribution in [2.75, 3.05) is 26.2 Å². The predicted octanol–water partition coefficient (Wildman–Crippen LogP) is 1.70. The van der Waals surface area contributed by atoms with E-state index >= 15 is 0 Å². The summed E-state index contributed by atoms with van der Waals surface area (Å²) in [4.78, 5) is 16.1. The van der Waals surface area contributed by atoms with Gasteiger partial charge in [-0.2, -0.15) is 0 Å². The molecule has 0 spiro atoms. The topological polar surface area (TPSA) is 49.6 Å². The van der Waals surface area contributed by atoms with Crippen LogP contribution in [-0.4, -0.2) is 47.9 Å². The smallest absolute Gasteiger partial charge is 0.236 e. The van der Waals surface area contributed by atoms with Crippen molar-refractivity contribution < 1.29 is 4.79 Å². The van der Waals surface area contributed by atoms with Gasteiger partial charge in [0.1, 0.15) is 0 Å². The SMILES string of the molecule is CC(C)N(Cc1ccccc1)C[C@H]1CCN(C(=O)CN)C1. The van der Waals surface area contributed by atoms with Gasteiger partial charge in [-0.15, -0.1) is 0 Å². The summed E-state index contributed by atoms with van der Waals surface area (Å²) in [5.41, 5.74) is 6.79. The Hall–Kier alpha value is -1.39. The maximum absolute atomic E-state index is 11.7.